The van der Waals surface area contributed by atoms with E-state index in [-0.39, 0.29) is 29.7 Å². The summed E-state index contributed by atoms with van der Waals surface area (Å²) in [6, 6.07) is 2.92. The molecule has 0 aromatic carbocycles. The van der Waals surface area contributed by atoms with Gasteiger partial charge in [-0.05, 0) is 19.1 Å². The molecule has 1 rings (SSSR count). The summed E-state index contributed by atoms with van der Waals surface area (Å²) in [6.45, 7) is 2.33. The Hall–Kier alpha value is -1.69. The molecule has 6 nitrogen and oxygen atoms in total. The second-order valence-corrected chi connectivity index (χ2v) is 3.66. The van der Waals surface area contributed by atoms with Crippen LogP contribution >= 0.6 is 11.6 Å². The quantitative estimate of drug-likeness (QED) is 0.853. The van der Waals surface area contributed by atoms with Gasteiger partial charge in [0.05, 0.1) is 6.42 Å². The first-order valence-electron chi connectivity index (χ1n) is 5.05. The van der Waals surface area contributed by atoms with Gasteiger partial charge in [0.2, 0.25) is 0 Å². The van der Waals surface area contributed by atoms with Gasteiger partial charge in [-0.15, -0.1) is 10.2 Å². The van der Waals surface area contributed by atoms with E-state index in [9.17, 15) is 9.59 Å². The predicted octanol–water partition coefficient (Wildman–Crippen LogP) is 1.07. The van der Waals surface area contributed by atoms with Crippen molar-refractivity contribution in [3.8, 4) is 0 Å². The lowest BCUT2D eigenvalue weighted by atomic mass is 10.3. The molecule has 0 saturated heterocycles. The largest absolute Gasteiger partial charge is 0.481 e. The molecule has 0 bridgehead atoms. The number of carboxylic acid groups (broad SMARTS) is 1. The minimum atomic E-state index is -0.946. The van der Waals surface area contributed by atoms with E-state index in [1.807, 2.05) is 0 Å². The number of aromatic nitrogens is 2. The molecular formula is C10H12ClN3O3. The smallest absolute Gasteiger partial charge is 0.305 e. The first-order valence-corrected chi connectivity index (χ1v) is 5.42. The third-order valence-electron chi connectivity index (χ3n) is 2.12. The van der Waals surface area contributed by atoms with Crippen LogP contribution in [0.15, 0.2) is 12.1 Å². The zero-order chi connectivity index (χ0) is 12.8. The summed E-state index contributed by atoms with van der Waals surface area (Å²) in [5.74, 6) is -1.30. The Morgan fingerprint density at radius 3 is 2.59 bits per heavy atom. The molecule has 0 unspecified atom stereocenters. The number of carbonyl (C=O) groups excluding carboxylic acids is 1. The Morgan fingerprint density at radius 2 is 2.12 bits per heavy atom. The Labute approximate surface area is 103 Å². The van der Waals surface area contributed by atoms with Crippen LogP contribution in [0.25, 0.3) is 0 Å². The van der Waals surface area contributed by atoms with E-state index in [4.69, 9.17) is 16.7 Å². The number of nitrogens with zero attached hydrogens (tertiary/aromatic N) is 3. The van der Waals surface area contributed by atoms with Crippen LogP contribution in [0.5, 0.6) is 0 Å². The highest BCUT2D eigenvalue weighted by Crippen LogP contribution is 2.05. The predicted molar refractivity (Wildman–Crippen MR) is 60.9 cm³/mol. The number of rotatable bonds is 5. The summed E-state index contributed by atoms with van der Waals surface area (Å²) >= 11 is 5.56. The standard InChI is InChI=1S/C10H12ClN3O3/c1-2-14(6-5-9(15)16)10(17)7-3-4-8(11)13-12-7/h3-4H,2,5-6H2,1H3,(H,15,16). The molecule has 0 fully saturated rings. The molecule has 0 atom stereocenters. The van der Waals surface area contributed by atoms with Gasteiger partial charge in [0.1, 0.15) is 0 Å². The summed E-state index contributed by atoms with van der Waals surface area (Å²) in [7, 11) is 0. The molecule has 0 aliphatic carbocycles. The van der Waals surface area contributed by atoms with E-state index in [1.54, 1.807) is 6.92 Å². The van der Waals surface area contributed by atoms with Gasteiger partial charge in [-0.1, -0.05) is 11.6 Å². The molecule has 0 aliphatic rings. The third-order valence-corrected chi connectivity index (χ3v) is 2.32. The molecule has 0 saturated carbocycles. The third kappa shape index (κ3) is 3.99. The van der Waals surface area contributed by atoms with E-state index in [2.05, 4.69) is 10.2 Å². The van der Waals surface area contributed by atoms with Gasteiger partial charge >= 0.3 is 5.97 Å². The minimum Gasteiger partial charge on any atom is -0.481 e. The molecule has 7 heteroatoms. The molecule has 0 radical (unpaired) electrons. The Morgan fingerprint density at radius 1 is 1.41 bits per heavy atom. The number of hydrogen-bond acceptors (Lipinski definition) is 4. The summed E-state index contributed by atoms with van der Waals surface area (Å²) in [4.78, 5) is 23.7. The van der Waals surface area contributed by atoms with Crippen LogP contribution in [0.2, 0.25) is 5.15 Å². The van der Waals surface area contributed by atoms with Crippen molar-refractivity contribution >= 4 is 23.5 Å². The number of hydrogen-bond donors (Lipinski definition) is 1. The molecule has 0 aliphatic heterocycles. The lowest BCUT2D eigenvalue weighted by Gasteiger charge is -2.18. The fourth-order valence-electron chi connectivity index (χ4n) is 1.23. The van der Waals surface area contributed by atoms with Gasteiger partial charge in [-0.2, -0.15) is 0 Å². The Balaban J connectivity index is 2.71. The Kier molecular flexibility index (Phi) is 4.84. The lowest BCUT2D eigenvalue weighted by molar-refractivity contribution is -0.137. The fourth-order valence-corrected chi connectivity index (χ4v) is 1.33. The van der Waals surface area contributed by atoms with Crippen LogP contribution in [0.3, 0.4) is 0 Å². The van der Waals surface area contributed by atoms with Gasteiger partial charge < -0.3 is 10.0 Å². The maximum absolute atomic E-state index is 11.9. The summed E-state index contributed by atoms with van der Waals surface area (Å²) in [5, 5.41) is 16.0. The lowest BCUT2D eigenvalue weighted by Crippen LogP contribution is -2.33. The van der Waals surface area contributed by atoms with E-state index in [0.717, 1.165) is 0 Å². The molecule has 0 spiro atoms. The first kappa shape index (κ1) is 13.4. The maximum atomic E-state index is 11.9. The van der Waals surface area contributed by atoms with Crippen LogP contribution in [0.1, 0.15) is 23.8 Å². The number of amides is 1. The molecule has 1 amide bonds. The van der Waals surface area contributed by atoms with Crippen molar-refractivity contribution in [3.05, 3.63) is 23.0 Å². The molecule has 17 heavy (non-hydrogen) atoms. The Bertz CT molecular complexity index is 408. The van der Waals surface area contributed by atoms with Gasteiger partial charge in [0, 0.05) is 13.1 Å². The van der Waals surface area contributed by atoms with Gasteiger partial charge in [-0.3, -0.25) is 9.59 Å². The van der Waals surface area contributed by atoms with Crippen molar-refractivity contribution < 1.29 is 14.7 Å². The van der Waals surface area contributed by atoms with Gasteiger partial charge in [0.15, 0.2) is 10.8 Å². The monoisotopic (exact) mass is 257 g/mol. The van der Waals surface area contributed by atoms with Crippen molar-refractivity contribution in [1.29, 1.82) is 0 Å². The highest BCUT2D eigenvalue weighted by atomic mass is 35.5. The van der Waals surface area contributed by atoms with Gasteiger partial charge in [0.25, 0.3) is 5.91 Å². The molecular weight excluding hydrogens is 246 g/mol. The van der Waals surface area contributed by atoms with Crippen molar-refractivity contribution in [2.24, 2.45) is 0 Å². The van der Waals surface area contributed by atoms with Crippen molar-refractivity contribution in [2.75, 3.05) is 13.1 Å². The second-order valence-electron chi connectivity index (χ2n) is 3.27. The zero-order valence-corrected chi connectivity index (χ0v) is 10.0. The van der Waals surface area contributed by atoms with Crippen LogP contribution in [0, 0.1) is 0 Å². The second kappa shape index (κ2) is 6.15. The normalized spacial score (nSPS) is 10.0. The zero-order valence-electron chi connectivity index (χ0n) is 9.26. The highest BCUT2D eigenvalue weighted by Gasteiger charge is 2.16. The van der Waals surface area contributed by atoms with Crippen LogP contribution in [-0.2, 0) is 4.79 Å². The average Bonchev–Trinajstić information content (AvgIpc) is 2.30. The summed E-state index contributed by atoms with van der Waals surface area (Å²) in [5.41, 5.74) is 0.154. The van der Waals surface area contributed by atoms with Crippen LogP contribution in [0.4, 0.5) is 0 Å². The number of carboxylic acids is 1. The topological polar surface area (TPSA) is 83.4 Å². The highest BCUT2D eigenvalue weighted by molar-refractivity contribution is 6.29. The number of aliphatic carboxylic acids is 1. The van der Waals surface area contributed by atoms with Crippen molar-refractivity contribution in [1.82, 2.24) is 15.1 Å². The maximum Gasteiger partial charge on any atom is 0.305 e. The van der Waals surface area contributed by atoms with Crippen LogP contribution < -0.4 is 0 Å². The molecule has 1 aromatic heterocycles. The van der Waals surface area contributed by atoms with Gasteiger partial charge in [-0.25, -0.2) is 0 Å². The molecule has 1 N–H and O–H groups in total. The number of halogens is 1. The molecule has 1 heterocycles. The SMILES string of the molecule is CCN(CCC(=O)O)C(=O)c1ccc(Cl)nn1. The first-order chi connectivity index (χ1) is 8.04. The van der Waals surface area contributed by atoms with E-state index >= 15 is 0 Å². The minimum absolute atomic E-state index is 0.0966. The van der Waals surface area contributed by atoms with Crippen molar-refractivity contribution in [2.45, 2.75) is 13.3 Å². The van der Waals surface area contributed by atoms with E-state index in [1.165, 1.54) is 17.0 Å². The number of carbonyl (C=O) groups is 2. The fraction of sp³-hybridized carbons (Fsp3) is 0.400. The molecule has 92 valence electrons. The van der Waals surface area contributed by atoms with E-state index in [0.29, 0.717) is 6.54 Å². The molecule has 1 aromatic rings. The summed E-state index contributed by atoms with van der Waals surface area (Å²) < 4.78 is 0. The van der Waals surface area contributed by atoms with Crippen LogP contribution in [-0.4, -0.2) is 45.2 Å². The van der Waals surface area contributed by atoms with Crippen molar-refractivity contribution in [3.63, 3.8) is 0 Å². The van der Waals surface area contributed by atoms with E-state index < -0.39 is 5.97 Å². The average molecular weight is 258 g/mol. The summed E-state index contributed by atoms with van der Waals surface area (Å²) in [6.07, 6.45) is -0.0966.